The van der Waals surface area contributed by atoms with Crippen LogP contribution in [-0.4, -0.2) is 61.0 Å². The molecule has 1 atom stereocenters. The number of nitrogens with zero attached hydrogens (tertiary/aromatic N) is 2. The number of aliphatic hydroxyl groups excluding tert-OH is 1. The maximum Gasteiger partial charge on any atom is 0.416 e. The molecule has 1 aliphatic heterocycles. The van der Waals surface area contributed by atoms with Gasteiger partial charge in [0, 0.05) is 25.7 Å². The van der Waals surface area contributed by atoms with Crippen molar-refractivity contribution in [1.29, 1.82) is 0 Å². The molecule has 0 unspecified atom stereocenters. The summed E-state index contributed by atoms with van der Waals surface area (Å²) in [5.74, 6) is 0. The van der Waals surface area contributed by atoms with Crippen molar-refractivity contribution in [3.05, 3.63) is 23.8 Å². The number of benzene rings is 1. The van der Waals surface area contributed by atoms with E-state index in [0.717, 1.165) is 44.2 Å². The summed E-state index contributed by atoms with van der Waals surface area (Å²) in [6, 6.07) is 2.94. The van der Waals surface area contributed by atoms with Crippen LogP contribution in [0.2, 0.25) is 0 Å². The van der Waals surface area contributed by atoms with Gasteiger partial charge in [-0.15, -0.1) is 0 Å². The highest BCUT2D eigenvalue weighted by atomic mass is 19.4. The van der Waals surface area contributed by atoms with Crippen molar-refractivity contribution in [1.82, 2.24) is 4.90 Å². The van der Waals surface area contributed by atoms with Crippen LogP contribution in [0.3, 0.4) is 0 Å². The molecule has 0 bridgehead atoms. The van der Waals surface area contributed by atoms with E-state index in [0.29, 0.717) is 32.0 Å². The number of nitrogens with one attached hydrogen (secondary N) is 1. The number of alkyl halides is 3. The third-order valence-corrected chi connectivity index (χ3v) is 5.65. The molecule has 3 rings (SSSR count). The molecule has 2 fully saturated rings. The van der Waals surface area contributed by atoms with E-state index < -0.39 is 23.9 Å². The van der Waals surface area contributed by atoms with Crippen LogP contribution in [0, 0.1) is 0 Å². The summed E-state index contributed by atoms with van der Waals surface area (Å²) in [5.41, 5.74) is -0.141. The second-order valence-electron chi connectivity index (χ2n) is 8.05. The summed E-state index contributed by atoms with van der Waals surface area (Å²) in [4.78, 5) is 16.6. The van der Waals surface area contributed by atoms with Gasteiger partial charge in [-0.05, 0) is 38.0 Å². The first-order valence-corrected chi connectivity index (χ1v) is 10.6. The van der Waals surface area contributed by atoms with Crippen molar-refractivity contribution in [3.8, 4) is 0 Å². The predicted molar refractivity (Wildman–Crippen MR) is 109 cm³/mol. The number of anilines is 2. The molecule has 1 saturated heterocycles. The highest BCUT2D eigenvalue weighted by Crippen LogP contribution is 2.36. The molecule has 0 radical (unpaired) electrons. The minimum atomic E-state index is -4.51. The maximum absolute atomic E-state index is 13.3. The quantitative estimate of drug-likeness (QED) is 0.740. The van der Waals surface area contributed by atoms with Crippen LogP contribution in [0.1, 0.15) is 44.6 Å². The van der Waals surface area contributed by atoms with Crippen LogP contribution < -0.4 is 10.2 Å². The van der Waals surface area contributed by atoms with Crippen LogP contribution in [-0.2, 0) is 10.9 Å². The molecule has 168 valence electrons. The molecule has 2 aliphatic rings. The molecule has 6 nitrogen and oxygen atoms in total. The number of carbonyl (C=O) groups excluding carboxylic acids is 1. The summed E-state index contributed by atoms with van der Waals surface area (Å²) in [6.45, 7) is 3.77. The molecule has 1 aromatic carbocycles. The molecule has 0 aromatic heterocycles. The van der Waals surface area contributed by atoms with Gasteiger partial charge in [-0.1, -0.05) is 19.3 Å². The number of aliphatic hydroxyl groups is 1. The zero-order valence-corrected chi connectivity index (χ0v) is 17.2. The Hall–Kier alpha value is -2.00. The van der Waals surface area contributed by atoms with E-state index in [1.54, 1.807) is 11.8 Å². The second kappa shape index (κ2) is 9.87. The molecule has 1 saturated carbocycles. The highest BCUT2D eigenvalue weighted by molar-refractivity contribution is 5.93. The van der Waals surface area contributed by atoms with E-state index in [-0.39, 0.29) is 18.3 Å². The fourth-order valence-corrected chi connectivity index (χ4v) is 4.15. The number of morpholine rings is 1. The molecule has 1 heterocycles. The zero-order valence-electron chi connectivity index (χ0n) is 17.2. The fourth-order valence-electron chi connectivity index (χ4n) is 4.15. The molecule has 9 heteroatoms. The minimum Gasteiger partial charge on any atom is -0.392 e. The molecular weight excluding hydrogens is 399 g/mol. The molecule has 1 aliphatic carbocycles. The number of rotatable bonds is 5. The third-order valence-electron chi connectivity index (χ3n) is 5.65. The smallest absolute Gasteiger partial charge is 0.392 e. The third kappa shape index (κ3) is 5.78. The lowest BCUT2D eigenvalue weighted by atomic mass is 9.94. The van der Waals surface area contributed by atoms with Gasteiger partial charge in [-0.2, -0.15) is 13.2 Å². The normalized spacial score (nSPS) is 19.4. The lowest BCUT2D eigenvalue weighted by Crippen LogP contribution is -2.47. The van der Waals surface area contributed by atoms with E-state index in [4.69, 9.17) is 4.74 Å². The first kappa shape index (κ1) is 22.7. The molecule has 1 aromatic rings. The van der Waals surface area contributed by atoms with E-state index >= 15 is 0 Å². The minimum absolute atomic E-state index is 0.0222. The Morgan fingerprint density at radius 2 is 1.93 bits per heavy atom. The first-order chi connectivity index (χ1) is 14.3. The van der Waals surface area contributed by atoms with Gasteiger partial charge in [0.25, 0.3) is 0 Å². The lowest BCUT2D eigenvalue weighted by molar-refractivity contribution is -0.137. The first-order valence-electron chi connectivity index (χ1n) is 10.6. The second-order valence-corrected chi connectivity index (χ2v) is 8.05. The number of hydrogen-bond donors (Lipinski definition) is 2. The van der Waals surface area contributed by atoms with Crippen LogP contribution in [0.5, 0.6) is 0 Å². The SMILES string of the molecule is C[C@@H](O)CN(C(=O)Nc1cc(C(F)(F)F)ccc1N1CCOCC1)C1CCCCC1. The average molecular weight is 429 g/mol. The molecule has 2 amide bonds. The van der Waals surface area contributed by atoms with Crippen molar-refractivity contribution < 1.29 is 27.8 Å². The van der Waals surface area contributed by atoms with Gasteiger partial charge >= 0.3 is 12.2 Å². The maximum atomic E-state index is 13.3. The molecule has 0 spiro atoms. The fraction of sp³-hybridized carbons (Fsp3) is 0.667. The number of ether oxygens (including phenoxy) is 1. The van der Waals surface area contributed by atoms with Gasteiger partial charge in [0.2, 0.25) is 0 Å². The Balaban J connectivity index is 1.87. The van der Waals surface area contributed by atoms with E-state index in [2.05, 4.69) is 5.32 Å². The summed E-state index contributed by atoms with van der Waals surface area (Å²) < 4.78 is 45.3. The van der Waals surface area contributed by atoms with Crippen LogP contribution in [0.25, 0.3) is 0 Å². The number of amides is 2. The number of halogens is 3. The monoisotopic (exact) mass is 429 g/mol. The summed E-state index contributed by atoms with van der Waals surface area (Å²) in [5, 5.41) is 12.6. The van der Waals surface area contributed by atoms with Crippen molar-refractivity contribution in [2.24, 2.45) is 0 Å². The van der Waals surface area contributed by atoms with Gasteiger partial charge in [0.1, 0.15) is 0 Å². The van der Waals surface area contributed by atoms with E-state index in [1.807, 2.05) is 4.90 Å². The van der Waals surface area contributed by atoms with Gasteiger partial charge in [0.05, 0.1) is 36.3 Å². The van der Waals surface area contributed by atoms with Gasteiger partial charge in [-0.25, -0.2) is 4.79 Å². The van der Waals surface area contributed by atoms with Crippen molar-refractivity contribution in [2.75, 3.05) is 43.1 Å². The van der Waals surface area contributed by atoms with Crippen LogP contribution in [0.4, 0.5) is 29.3 Å². The van der Waals surface area contributed by atoms with Crippen molar-refractivity contribution in [3.63, 3.8) is 0 Å². The largest absolute Gasteiger partial charge is 0.416 e. The van der Waals surface area contributed by atoms with E-state index in [1.165, 1.54) is 6.07 Å². The highest BCUT2D eigenvalue weighted by Gasteiger charge is 2.33. The van der Waals surface area contributed by atoms with Crippen molar-refractivity contribution in [2.45, 2.75) is 57.3 Å². The van der Waals surface area contributed by atoms with Crippen LogP contribution in [0.15, 0.2) is 18.2 Å². The van der Waals surface area contributed by atoms with Gasteiger partial charge < -0.3 is 25.0 Å². The Kier molecular flexibility index (Phi) is 7.46. The Bertz CT molecular complexity index is 715. The van der Waals surface area contributed by atoms with E-state index in [9.17, 15) is 23.1 Å². The Morgan fingerprint density at radius 1 is 1.27 bits per heavy atom. The molecular formula is C21H30F3N3O3. The number of carbonyl (C=O) groups is 1. The zero-order chi connectivity index (χ0) is 21.7. The standard InChI is InChI=1S/C21H30F3N3O3/c1-15(28)14-27(17-5-3-2-4-6-17)20(29)25-18-13-16(21(22,23)24)7-8-19(18)26-9-11-30-12-10-26/h7-8,13,15,17,28H,2-6,9-12,14H2,1H3,(H,25,29)/t15-/m1/s1. The van der Waals surface area contributed by atoms with Gasteiger partial charge in [0.15, 0.2) is 0 Å². The van der Waals surface area contributed by atoms with Crippen LogP contribution >= 0.6 is 0 Å². The van der Waals surface area contributed by atoms with Crippen molar-refractivity contribution >= 4 is 17.4 Å². The number of hydrogen-bond acceptors (Lipinski definition) is 4. The summed E-state index contributed by atoms with van der Waals surface area (Å²) in [6.07, 6.45) is -0.467. The van der Waals surface area contributed by atoms with Gasteiger partial charge in [-0.3, -0.25) is 0 Å². The summed E-state index contributed by atoms with van der Waals surface area (Å²) in [7, 11) is 0. The Morgan fingerprint density at radius 3 is 2.53 bits per heavy atom. The molecule has 2 N–H and O–H groups in total. The predicted octanol–water partition coefficient (Wildman–Crippen LogP) is 4.09. The number of urea groups is 1. The Labute approximate surface area is 175 Å². The topological polar surface area (TPSA) is 65.0 Å². The molecule has 30 heavy (non-hydrogen) atoms. The summed E-state index contributed by atoms with van der Waals surface area (Å²) >= 11 is 0. The lowest BCUT2D eigenvalue weighted by Gasteiger charge is -2.36. The average Bonchev–Trinajstić information content (AvgIpc) is 2.72.